The largest absolute Gasteiger partial charge is 0.358 e. The Labute approximate surface area is 158 Å². The van der Waals surface area contributed by atoms with Crippen LogP contribution in [0.25, 0.3) is 0 Å². The summed E-state index contributed by atoms with van der Waals surface area (Å²) in [7, 11) is 0. The minimum Gasteiger partial charge on any atom is -0.358 e. The summed E-state index contributed by atoms with van der Waals surface area (Å²) in [5, 5.41) is 6.83. The molecule has 0 aromatic heterocycles. The minimum atomic E-state index is -0.440. The zero-order valence-corrected chi connectivity index (χ0v) is 15.5. The van der Waals surface area contributed by atoms with Crippen molar-refractivity contribution in [3.05, 3.63) is 64.4 Å². The lowest BCUT2D eigenvalue weighted by Crippen LogP contribution is -3.08. The molecule has 2 aromatic rings. The van der Waals surface area contributed by atoms with Crippen molar-refractivity contribution in [2.75, 3.05) is 18.4 Å². The molecule has 1 aliphatic heterocycles. The van der Waals surface area contributed by atoms with E-state index in [-0.39, 0.29) is 5.02 Å². The van der Waals surface area contributed by atoms with Gasteiger partial charge < -0.3 is 15.5 Å². The van der Waals surface area contributed by atoms with E-state index in [1.165, 1.54) is 49.2 Å². The quantitative estimate of drug-likeness (QED) is 0.698. The van der Waals surface area contributed by atoms with E-state index < -0.39 is 5.82 Å². The van der Waals surface area contributed by atoms with Gasteiger partial charge in [0.1, 0.15) is 12.4 Å². The van der Waals surface area contributed by atoms with Gasteiger partial charge in [0.25, 0.3) is 0 Å². The van der Waals surface area contributed by atoms with E-state index in [0.717, 1.165) is 6.54 Å². The van der Waals surface area contributed by atoms with Crippen LogP contribution in [0.2, 0.25) is 5.02 Å². The van der Waals surface area contributed by atoms with Crippen LogP contribution in [-0.2, 0) is 13.1 Å². The fourth-order valence-electron chi connectivity index (χ4n) is 3.15. The molecule has 3 nitrogen and oxygen atoms in total. The van der Waals surface area contributed by atoms with Crippen LogP contribution in [0.1, 0.15) is 24.0 Å². The van der Waals surface area contributed by atoms with Crippen LogP contribution in [0.5, 0.6) is 0 Å². The normalized spacial score (nSPS) is 14.5. The first-order chi connectivity index (χ1) is 12.1. The number of nitrogens with one attached hydrogen (secondary N) is 3. The molecule has 0 atom stereocenters. The molecular formula is C19H22ClFN3S+. The van der Waals surface area contributed by atoms with Gasteiger partial charge in [-0.1, -0.05) is 35.9 Å². The predicted octanol–water partition coefficient (Wildman–Crippen LogP) is 3.14. The van der Waals surface area contributed by atoms with Crippen molar-refractivity contribution in [1.29, 1.82) is 0 Å². The molecule has 1 aliphatic rings. The van der Waals surface area contributed by atoms with Gasteiger partial charge in [-0.2, -0.15) is 0 Å². The maximum Gasteiger partial charge on any atom is 0.171 e. The Bertz CT molecular complexity index is 747. The summed E-state index contributed by atoms with van der Waals surface area (Å²) < 4.78 is 13.2. The molecule has 6 heteroatoms. The minimum absolute atomic E-state index is 0.0757. The van der Waals surface area contributed by atoms with Crippen LogP contribution < -0.4 is 15.5 Å². The second-order valence-electron chi connectivity index (χ2n) is 6.34. The SMILES string of the molecule is Fc1ccc(NC(=S)NCc2ccccc2C[NH+]2CCCC2)cc1Cl. The number of quaternary nitrogens is 1. The summed E-state index contributed by atoms with van der Waals surface area (Å²) in [6, 6.07) is 12.9. The summed E-state index contributed by atoms with van der Waals surface area (Å²) in [6.45, 7) is 4.23. The van der Waals surface area contributed by atoms with Gasteiger partial charge in [0.15, 0.2) is 5.11 Å². The lowest BCUT2D eigenvalue weighted by Gasteiger charge is -2.16. The van der Waals surface area contributed by atoms with Gasteiger partial charge in [-0.3, -0.25) is 0 Å². The monoisotopic (exact) mass is 378 g/mol. The molecule has 0 bridgehead atoms. The molecule has 0 radical (unpaired) electrons. The summed E-state index contributed by atoms with van der Waals surface area (Å²) >= 11 is 11.1. The summed E-state index contributed by atoms with van der Waals surface area (Å²) in [5.74, 6) is -0.440. The zero-order valence-electron chi connectivity index (χ0n) is 13.9. The molecule has 1 saturated heterocycles. The number of rotatable bonds is 5. The molecule has 2 aromatic carbocycles. The Morgan fingerprint density at radius 2 is 1.84 bits per heavy atom. The smallest absolute Gasteiger partial charge is 0.171 e. The third-order valence-electron chi connectivity index (χ3n) is 4.49. The van der Waals surface area contributed by atoms with Gasteiger partial charge in [-0.25, -0.2) is 4.39 Å². The van der Waals surface area contributed by atoms with E-state index in [4.69, 9.17) is 23.8 Å². The van der Waals surface area contributed by atoms with E-state index >= 15 is 0 Å². The van der Waals surface area contributed by atoms with Crippen molar-refractivity contribution in [3.8, 4) is 0 Å². The van der Waals surface area contributed by atoms with E-state index in [1.54, 1.807) is 11.0 Å². The predicted molar refractivity (Wildman–Crippen MR) is 105 cm³/mol. The molecule has 25 heavy (non-hydrogen) atoms. The number of anilines is 1. The topological polar surface area (TPSA) is 28.5 Å². The van der Waals surface area contributed by atoms with Gasteiger partial charge in [-0.15, -0.1) is 0 Å². The first-order valence-electron chi connectivity index (χ1n) is 8.52. The van der Waals surface area contributed by atoms with Gasteiger partial charge in [-0.05, 0) is 36.0 Å². The first-order valence-corrected chi connectivity index (χ1v) is 9.31. The summed E-state index contributed by atoms with van der Waals surface area (Å²) in [5.41, 5.74) is 3.28. The van der Waals surface area contributed by atoms with Crippen molar-refractivity contribution in [1.82, 2.24) is 5.32 Å². The molecule has 1 heterocycles. The van der Waals surface area contributed by atoms with E-state index in [9.17, 15) is 4.39 Å². The van der Waals surface area contributed by atoms with Crippen LogP contribution in [0.3, 0.4) is 0 Å². The van der Waals surface area contributed by atoms with E-state index in [2.05, 4.69) is 34.9 Å². The lowest BCUT2D eigenvalue weighted by molar-refractivity contribution is -0.901. The first kappa shape index (κ1) is 18.1. The summed E-state index contributed by atoms with van der Waals surface area (Å²) in [6.07, 6.45) is 2.65. The van der Waals surface area contributed by atoms with Crippen LogP contribution in [0.4, 0.5) is 10.1 Å². The molecule has 0 unspecified atom stereocenters. The third-order valence-corrected chi connectivity index (χ3v) is 5.02. The molecule has 0 saturated carbocycles. The standard InChI is InChI=1S/C19H21ClFN3S/c20-17-11-16(7-8-18(17)21)23-19(25)22-12-14-5-1-2-6-15(14)13-24-9-3-4-10-24/h1-2,5-8,11H,3-4,9-10,12-13H2,(H2,22,23,25)/p+1. The van der Waals surface area contributed by atoms with Gasteiger partial charge in [0, 0.05) is 30.6 Å². The van der Waals surface area contributed by atoms with Gasteiger partial charge in [0.2, 0.25) is 0 Å². The maximum atomic E-state index is 13.2. The fourth-order valence-corrected chi connectivity index (χ4v) is 3.52. The van der Waals surface area contributed by atoms with Crippen molar-refractivity contribution < 1.29 is 9.29 Å². The number of likely N-dealkylation sites (tertiary alicyclic amines) is 1. The van der Waals surface area contributed by atoms with Crippen molar-refractivity contribution in [2.45, 2.75) is 25.9 Å². The van der Waals surface area contributed by atoms with Gasteiger partial charge >= 0.3 is 0 Å². The Balaban J connectivity index is 1.57. The second kappa shape index (κ2) is 8.61. The highest BCUT2D eigenvalue weighted by molar-refractivity contribution is 7.80. The molecular weight excluding hydrogens is 357 g/mol. The number of benzene rings is 2. The second-order valence-corrected chi connectivity index (χ2v) is 7.15. The third kappa shape index (κ3) is 5.14. The molecule has 1 fully saturated rings. The number of thiocarbonyl (C=S) groups is 1. The van der Waals surface area contributed by atoms with Crippen LogP contribution in [-0.4, -0.2) is 18.2 Å². The highest BCUT2D eigenvalue weighted by Crippen LogP contribution is 2.19. The number of halogens is 2. The van der Waals surface area contributed by atoms with E-state index in [0.29, 0.717) is 17.3 Å². The van der Waals surface area contributed by atoms with Crippen molar-refractivity contribution in [2.24, 2.45) is 0 Å². The Kier molecular flexibility index (Phi) is 6.24. The molecule has 0 amide bonds. The van der Waals surface area contributed by atoms with Crippen LogP contribution in [0, 0.1) is 5.82 Å². The zero-order chi connectivity index (χ0) is 17.6. The molecule has 0 aliphatic carbocycles. The number of hydrogen-bond donors (Lipinski definition) is 3. The highest BCUT2D eigenvalue weighted by Gasteiger charge is 2.17. The highest BCUT2D eigenvalue weighted by atomic mass is 35.5. The molecule has 132 valence electrons. The lowest BCUT2D eigenvalue weighted by atomic mass is 10.1. The molecule has 3 N–H and O–H groups in total. The Morgan fingerprint density at radius 3 is 2.56 bits per heavy atom. The number of hydrogen-bond acceptors (Lipinski definition) is 1. The Hall–Kier alpha value is -1.69. The average Bonchev–Trinajstić information content (AvgIpc) is 3.10. The molecule has 3 rings (SSSR count). The van der Waals surface area contributed by atoms with Gasteiger partial charge in [0.05, 0.1) is 18.1 Å². The molecule has 0 spiro atoms. The Morgan fingerprint density at radius 1 is 1.12 bits per heavy atom. The van der Waals surface area contributed by atoms with Crippen molar-refractivity contribution >= 4 is 34.6 Å². The maximum absolute atomic E-state index is 13.2. The average molecular weight is 379 g/mol. The van der Waals surface area contributed by atoms with Crippen molar-refractivity contribution in [3.63, 3.8) is 0 Å². The van der Waals surface area contributed by atoms with Crippen LogP contribution in [0.15, 0.2) is 42.5 Å². The fraction of sp³-hybridized carbons (Fsp3) is 0.316. The van der Waals surface area contributed by atoms with Crippen LogP contribution >= 0.6 is 23.8 Å². The van der Waals surface area contributed by atoms with E-state index in [1.807, 2.05) is 0 Å². The summed E-state index contributed by atoms with van der Waals surface area (Å²) in [4.78, 5) is 1.65.